The van der Waals surface area contributed by atoms with Gasteiger partial charge in [-0.05, 0) is 39.0 Å². The Labute approximate surface area is 176 Å². The number of hydrogen-bond acceptors (Lipinski definition) is 5. The molecule has 2 aliphatic heterocycles. The average molecular weight is 414 g/mol. The van der Waals surface area contributed by atoms with Gasteiger partial charge < -0.3 is 4.90 Å². The number of aryl methyl sites for hydroxylation is 2. The number of carbonyl (C=O) groups excluding carboxylic acids is 1. The van der Waals surface area contributed by atoms with Gasteiger partial charge in [0.05, 0.1) is 10.7 Å². The Hall–Kier alpha value is -1.73. The van der Waals surface area contributed by atoms with Crippen molar-refractivity contribution in [2.75, 3.05) is 26.2 Å². The highest BCUT2D eigenvalue weighted by molar-refractivity contribution is 7.11. The van der Waals surface area contributed by atoms with E-state index in [1.165, 1.54) is 54.4 Å². The third-order valence-corrected chi connectivity index (χ3v) is 8.31. The second-order valence-corrected chi connectivity index (χ2v) is 10.1. The highest BCUT2D eigenvalue weighted by Gasteiger charge is 2.31. The van der Waals surface area contributed by atoms with Crippen LogP contribution in [0.25, 0.3) is 0 Å². The summed E-state index contributed by atoms with van der Waals surface area (Å²) in [6, 6.07) is 0.841. The standard InChI is InChI=1S/C22H31N5OS/c1-15-14-25(2)24-20(15)22(28)27-10-6-16(7-11-27)21-23-18-8-12-26(17-4-3-5-17)13-9-19(18)29-21/h14,16-17H,3-13H2,1-2H3. The second-order valence-electron chi connectivity index (χ2n) is 8.94. The SMILES string of the molecule is Cc1cn(C)nc1C(=O)N1CCC(c2nc3c(s2)CCN(C2CCC2)CC3)CC1. The molecule has 0 N–H and O–H groups in total. The molecule has 0 bridgehead atoms. The quantitative estimate of drug-likeness (QED) is 0.776. The lowest BCUT2D eigenvalue weighted by Crippen LogP contribution is -2.41. The van der Waals surface area contributed by atoms with Crippen LogP contribution in [0.4, 0.5) is 0 Å². The molecule has 5 rings (SSSR count). The van der Waals surface area contributed by atoms with E-state index >= 15 is 0 Å². The van der Waals surface area contributed by atoms with Gasteiger partial charge in [-0.15, -0.1) is 11.3 Å². The Morgan fingerprint density at radius 2 is 1.86 bits per heavy atom. The van der Waals surface area contributed by atoms with Crippen LogP contribution >= 0.6 is 11.3 Å². The first kappa shape index (κ1) is 19.2. The lowest BCUT2D eigenvalue weighted by molar-refractivity contribution is 0.0705. The van der Waals surface area contributed by atoms with Gasteiger partial charge in [-0.2, -0.15) is 5.10 Å². The molecule has 0 aromatic carbocycles. The van der Waals surface area contributed by atoms with Gasteiger partial charge in [0.25, 0.3) is 5.91 Å². The van der Waals surface area contributed by atoms with E-state index in [1.807, 2.05) is 36.4 Å². The van der Waals surface area contributed by atoms with E-state index in [0.717, 1.165) is 44.0 Å². The summed E-state index contributed by atoms with van der Waals surface area (Å²) in [5.41, 5.74) is 2.91. The number of piperidine rings is 1. The van der Waals surface area contributed by atoms with E-state index in [4.69, 9.17) is 4.98 Å². The number of nitrogens with zero attached hydrogens (tertiary/aromatic N) is 5. The topological polar surface area (TPSA) is 54.3 Å². The maximum Gasteiger partial charge on any atom is 0.274 e. The molecule has 156 valence electrons. The minimum absolute atomic E-state index is 0.0764. The van der Waals surface area contributed by atoms with E-state index in [0.29, 0.717) is 11.6 Å². The number of hydrogen-bond donors (Lipinski definition) is 0. The number of carbonyl (C=O) groups is 1. The summed E-state index contributed by atoms with van der Waals surface area (Å²) in [5, 5.41) is 5.67. The van der Waals surface area contributed by atoms with Crippen molar-refractivity contribution >= 4 is 17.2 Å². The molecular weight excluding hydrogens is 382 g/mol. The molecule has 4 heterocycles. The highest BCUT2D eigenvalue weighted by Crippen LogP contribution is 2.35. The van der Waals surface area contributed by atoms with Gasteiger partial charge in [-0.3, -0.25) is 14.4 Å². The summed E-state index contributed by atoms with van der Waals surface area (Å²) in [7, 11) is 1.87. The summed E-state index contributed by atoms with van der Waals surface area (Å²) < 4.78 is 1.73. The maximum atomic E-state index is 12.8. The summed E-state index contributed by atoms with van der Waals surface area (Å²) in [6.45, 7) is 5.95. The van der Waals surface area contributed by atoms with Gasteiger partial charge in [0.1, 0.15) is 0 Å². The minimum atomic E-state index is 0.0764. The molecular formula is C22H31N5OS. The first-order valence-corrected chi connectivity index (χ1v) is 11.9. The number of thiazole rings is 1. The van der Waals surface area contributed by atoms with Crippen LogP contribution in [0.1, 0.15) is 69.7 Å². The molecule has 7 heteroatoms. The van der Waals surface area contributed by atoms with Crippen molar-refractivity contribution in [3.8, 4) is 0 Å². The van der Waals surface area contributed by atoms with Crippen molar-refractivity contribution in [3.63, 3.8) is 0 Å². The number of fused-ring (bicyclic) bond motifs is 1. The molecule has 1 saturated heterocycles. The molecule has 2 fully saturated rings. The molecule has 1 saturated carbocycles. The predicted molar refractivity (Wildman–Crippen MR) is 115 cm³/mol. The van der Waals surface area contributed by atoms with Gasteiger partial charge >= 0.3 is 0 Å². The monoisotopic (exact) mass is 413 g/mol. The Morgan fingerprint density at radius 1 is 1.10 bits per heavy atom. The van der Waals surface area contributed by atoms with Crippen molar-refractivity contribution in [2.45, 2.75) is 63.8 Å². The largest absolute Gasteiger partial charge is 0.337 e. The Morgan fingerprint density at radius 3 is 2.52 bits per heavy atom. The fourth-order valence-electron chi connectivity index (χ4n) is 4.99. The molecule has 0 unspecified atom stereocenters. The van der Waals surface area contributed by atoms with Crippen LogP contribution in [-0.4, -0.2) is 62.7 Å². The van der Waals surface area contributed by atoms with Gasteiger partial charge in [-0.25, -0.2) is 4.98 Å². The first-order chi connectivity index (χ1) is 14.1. The second kappa shape index (κ2) is 7.84. The Balaban J connectivity index is 1.20. The zero-order chi connectivity index (χ0) is 20.0. The van der Waals surface area contributed by atoms with Gasteiger partial charge in [0.15, 0.2) is 5.69 Å². The van der Waals surface area contributed by atoms with Crippen LogP contribution in [0.5, 0.6) is 0 Å². The molecule has 0 atom stereocenters. The molecule has 3 aliphatic rings. The zero-order valence-corrected chi connectivity index (χ0v) is 18.4. The fraction of sp³-hybridized carbons (Fsp3) is 0.682. The molecule has 0 radical (unpaired) electrons. The van der Waals surface area contributed by atoms with E-state index in [1.54, 1.807) is 4.68 Å². The van der Waals surface area contributed by atoms with Crippen LogP contribution < -0.4 is 0 Å². The molecule has 0 spiro atoms. The summed E-state index contributed by atoms with van der Waals surface area (Å²) in [6.07, 6.45) is 10.4. The molecule has 2 aromatic rings. The van der Waals surface area contributed by atoms with Crippen LogP contribution in [0.3, 0.4) is 0 Å². The van der Waals surface area contributed by atoms with Crippen molar-refractivity contribution in [2.24, 2.45) is 7.05 Å². The smallest absolute Gasteiger partial charge is 0.274 e. The van der Waals surface area contributed by atoms with Crippen LogP contribution in [0.2, 0.25) is 0 Å². The lowest BCUT2D eigenvalue weighted by Gasteiger charge is -2.36. The average Bonchev–Trinajstić information content (AvgIpc) is 3.18. The highest BCUT2D eigenvalue weighted by atomic mass is 32.1. The fourth-order valence-corrected chi connectivity index (χ4v) is 6.26. The first-order valence-electron chi connectivity index (χ1n) is 11.1. The maximum absolute atomic E-state index is 12.8. The van der Waals surface area contributed by atoms with E-state index < -0.39 is 0 Å². The predicted octanol–water partition coefficient (Wildman–Crippen LogP) is 3.16. The molecule has 1 aliphatic carbocycles. The van der Waals surface area contributed by atoms with Crippen LogP contribution in [0.15, 0.2) is 6.20 Å². The third-order valence-electron chi connectivity index (χ3n) is 6.99. The summed E-state index contributed by atoms with van der Waals surface area (Å²) in [5.74, 6) is 0.580. The number of rotatable bonds is 3. The van der Waals surface area contributed by atoms with Crippen LogP contribution in [-0.2, 0) is 19.9 Å². The summed E-state index contributed by atoms with van der Waals surface area (Å²) >= 11 is 1.95. The number of aromatic nitrogens is 3. The Bertz CT molecular complexity index is 866. The molecule has 6 nitrogen and oxygen atoms in total. The van der Waals surface area contributed by atoms with Crippen molar-refractivity contribution in [1.29, 1.82) is 0 Å². The number of amides is 1. The van der Waals surface area contributed by atoms with E-state index in [9.17, 15) is 4.79 Å². The molecule has 29 heavy (non-hydrogen) atoms. The zero-order valence-electron chi connectivity index (χ0n) is 17.6. The normalized spacial score (nSPS) is 21.7. The van der Waals surface area contributed by atoms with Gasteiger partial charge in [0.2, 0.25) is 0 Å². The van der Waals surface area contributed by atoms with Crippen molar-refractivity contribution < 1.29 is 4.79 Å². The molecule has 2 aromatic heterocycles. The third kappa shape index (κ3) is 3.75. The van der Waals surface area contributed by atoms with E-state index in [-0.39, 0.29) is 5.91 Å². The lowest BCUT2D eigenvalue weighted by atomic mass is 9.91. The minimum Gasteiger partial charge on any atom is -0.337 e. The Kier molecular flexibility index (Phi) is 5.20. The summed E-state index contributed by atoms with van der Waals surface area (Å²) in [4.78, 5) is 24.1. The van der Waals surface area contributed by atoms with Crippen LogP contribution in [0, 0.1) is 6.92 Å². The molecule has 1 amide bonds. The van der Waals surface area contributed by atoms with E-state index in [2.05, 4.69) is 10.00 Å². The van der Waals surface area contributed by atoms with Gasteiger partial charge in [0, 0.05) is 68.2 Å². The van der Waals surface area contributed by atoms with Crippen molar-refractivity contribution in [1.82, 2.24) is 24.6 Å². The van der Waals surface area contributed by atoms with Crippen molar-refractivity contribution in [3.05, 3.63) is 33.0 Å². The number of likely N-dealkylation sites (tertiary alicyclic amines) is 1. The van der Waals surface area contributed by atoms with Gasteiger partial charge in [-0.1, -0.05) is 6.42 Å².